The molecular formula is C17H25FN4O3S. The SMILES string of the molecule is C/C=C\C(F)=C(/C)[C@H]1OC[C@H](N2Cc3cn(S(C)(=O)=O)nc3C2)C[C@@H]1N. The number of hydrogen-bond donors (Lipinski definition) is 1. The van der Waals surface area contributed by atoms with Gasteiger partial charge in [-0.1, -0.05) is 6.08 Å². The van der Waals surface area contributed by atoms with E-state index in [0.29, 0.717) is 31.7 Å². The molecule has 0 amide bonds. The van der Waals surface area contributed by atoms with Gasteiger partial charge in [-0.05, 0) is 31.9 Å². The molecule has 1 fully saturated rings. The summed E-state index contributed by atoms with van der Waals surface area (Å²) in [7, 11) is -3.37. The van der Waals surface area contributed by atoms with Crippen molar-refractivity contribution in [1.82, 2.24) is 14.1 Å². The number of nitrogens with zero attached hydrogens (tertiary/aromatic N) is 3. The molecule has 3 heterocycles. The topological polar surface area (TPSA) is 90.5 Å². The van der Waals surface area contributed by atoms with Gasteiger partial charge in [0.15, 0.2) is 0 Å². The zero-order valence-corrected chi connectivity index (χ0v) is 16.0. The molecule has 1 aromatic rings. The normalized spacial score (nSPS) is 28.4. The number of hydrogen-bond acceptors (Lipinski definition) is 6. The molecule has 0 unspecified atom stereocenters. The van der Waals surface area contributed by atoms with Gasteiger partial charge in [-0.2, -0.15) is 9.19 Å². The van der Waals surface area contributed by atoms with Crippen LogP contribution >= 0.6 is 0 Å². The average Bonchev–Trinajstić information content (AvgIpc) is 3.12. The summed E-state index contributed by atoms with van der Waals surface area (Å²) in [5.74, 6) is -0.303. The molecule has 2 aliphatic rings. The average molecular weight is 384 g/mol. The Kier molecular flexibility index (Phi) is 5.34. The van der Waals surface area contributed by atoms with E-state index in [1.165, 1.54) is 6.08 Å². The van der Waals surface area contributed by atoms with Crippen molar-refractivity contribution in [1.29, 1.82) is 0 Å². The first-order valence-corrected chi connectivity index (χ1v) is 10.4. The summed E-state index contributed by atoms with van der Waals surface area (Å²) < 4.78 is 44.1. The van der Waals surface area contributed by atoms with Crippen LogP contribution in [0.1, 0.15) is 31.5 Å². The molecule has 0 bridgehead atoms. The fourth-order valence-corrected chi connectivity index (χ4v) is 4.10. The zero-order chi connectivity index (χ0) is 19.1. The Morgan fingerprint density at radius 2 is 2.19 bits per heavy atom. The van der Waals surface area contributed by atoms with Gasteiger partial charge in [0.05, 0.1) is 24.7 Å². The predicted molar refractivity (Wildman–Crippen MR) is 96.5 cm³/mol. The van der Waals surface area contributed by atoms with Crippen LogP contribution in [0.3, 0.4) is 0 Å². The summed E-state index contributed by atoms with van der Waals surface area (Å²) in [6.07, 6.45) is 6.01. The van der Waals surface area contributed by atoms with Crippen molar-refractivity contribution < 1.29 is 17.5 Å². The maximum Gasteiger partial charge on any atom is 0.250 e. The smallest absolute Gasteiger partial charge is 0.250 e. The molecule has 0 radical (unpaired) electrons. The van der Waals surface area contributed by atoms with E-state index in [2.05, 4.69) is 10.00 Å². The summed E-state index contributed by atoms with van der Waals surface area (Å²) in [5.41, 5.74) is 8.44. The summed E-state index contributed by atoms with van der Waals surface area (Å²) in [6, 6.07) is -0.201. The van der Waals surface area contributed by atoms with Crippen LogP contribution < -0.4 is 5.73 Å². The Hall–Kier alpha value is -1.55. The lowest BCUT2D eigenvalue weighted by Crippen LogP contribution is -2.51. The van der Waals surface area contributed by atoms with Crippen molar-refractivity contribution in [3.8, 4) is 0 Å². The number of rotatable bonds is 4. The number of aromatic nitrogens is 2. The zero-order valence-electron chi connectivity index (χ0n) is 15.2. The Bertz CT molecular complexity index is 823. The molecule has 26 heavy (non-hydrogen) atoms. The van der Waals surface area contributed by atoms with Gasteiger partial charge in [-0.15, -0.1) is 0 Å². The van der Waals surface area contributed by atoms with E-state index < -0.39 is 16.1 Å². The second-order valence-electron chi connectivity index (χ2n) is 6.98. The summed E-state index contributed by atoms with van der Waals surface area (Å²) in [4.78, 5) is 2.18. The Labute approximate surface area is 153 Å². The summed E-state index contributed by atoms with van der Waals surface area (Å²) in [5, 5.41) is 4.16. The van der Waals surface area contributed by atoms with E-state index in [-0.39, 0.29) is 17.9 Å². The van der Waals surface area contributed by atoms with Crippen molar-refractivity contribution in [2.75, 3.05) is 12.9 Å². The molecule has 1 saturated heterocycles. The molecular weight excluding hydrogens is 359 g/mol. The van der Waals surface area contributed by atoms with Crippen LogP contribution in [0, 0.1) is 0 Å². The third-order valence-corrected chi connectivity index (χ3v) is 5.82. The van der Waals surface area contributed by atoms with Crippen LogP contribution in [0.5, 0.6) is 0 Å². The maximum atomic E-state index is 14.0. The third-order valence-electron chi connectivity index (χ3n) is 4.96. The first-order chi connectivity index (χ1) is 12.2. The molecule has 144 valence electrons. The van der Waals surface area contributed by atoms with Crippen LogP contribution in [0.15, 0.2) is 29.7 Å². The molecule has 9 heteroatoms. The fraction of sp³-hybridized carbons (Fsp3) is 0.588. The summed E-state index contributed by atoms with van der Waals surface area (Å²) in [6.45, 7) is 5.09. The number of fused-ring (bicyclic) bond motifs is 1. The van der Waals surface area contributed by atoms with E-state index in [4.69, 9.17) is 10.5 Å². The minimum Gasteiger partial charge on any atom is -0.371 e. The van der Waals surface area contributed by atoms with E-state index >= 15 is 0 Å². The lowest BCUT2D eigenvalue weighted by molar-refractivity contribution is -0.0343. The van der Waals surface area contributed by atoms with Crippen LogP contribution in [0.2, 0.25) is 0 Å². The highest BCUT2D eigenvalue weighted by molar-refractivity contribution is 7.89. The van der Waals surface area contributed by atoms with Crippen molar-refractivity contribution >= 4 is 10.0 Å². The highest BCUT2D eigenvalue weighted by Gasteiger charge is 2.37. The molecule has 7 nitrogen and oxygen atoms in total. The van der Waals surface area contributed by atoms with Gasteiger partial charge >= 0.3 is 0 Å². The molecule has 1 aromatic heterocycles. The molecule has 3 atom stereocenters. The standard InChI is InChI=1S/C17H25FN4O3S/c1-4-5-14(18)11(2)17-15(19)6-13(10-25-17)21-7-12-8-22(26(3,23)24)20-16(12)9-21/h4-5,8,13,15,17H,6-7,9-10,19H2,1-3H3/b5-4-,14-11-/t13-,15+,17-/m1/s1. The highest BCUT2D eigenvalue weighted by Crippen LogP contribution is 2.30. The fourth-order valence-electron chi connectivity index (χ4n) is 3.54. The van der Waals surface area contributed by atoms with E-state index in [9.17, 15) is 12.8 Å². The molecule has 3 rings (SSSR count). The minimum atomic E-state index is -3.37. The second kappa shape index (κ2) is 7.22. The van der Waals surface area contributed by atoms with Gasteiger partial charge < -0.3 is 10.5 Å². The Morgan fingerprint density at radius 3 is 2.77 bits per heavy atom. The van der Waals surface area contributed by atoms with Crippen LogP contribution in [-0.4, -0.2) is 53.6 Å². The maximum absolute atomic E-state index is 14.0. The number of allylic oxidation sites excluding steroid dienone is 3. The number of ether oxygens (including phenoxy) is 1. The van der Waals surface area contributed by atoms with Crippen molar-refractivity contribution in [2.24, 2.45) is 5.73 Å². The van der Waals surface area contributed by atoms with Gasteiger partial charge in [0.1, 0.15) is 5.83 Å². The molecule has 2 N–H and O–H groups in total. The molecule has 0 aromatic carbocycles. The molecule has 0 spiro atoms. The lowest BCUT2D eigenvalue weighted by atomic mass is 9.93. The van der Waals surface area contributed by atoms with Gasteiger partial charge in [-0.25, -0.2) is 12.8 Å². The first kappa shape index (κ1) is 19.2. The lowest BCUT2D eigenvalue weighted by Gasteiger charge is -2.38. The largest absolute Gasteiger partial charge is 0.371 e. The van der Waals surface area contributed by atoms with E-state index in [0.717, 1.165) is 21.6 Å². The third kappa shape index (κ3) is 3.75. The van der Waals surface area contributed by atoms with Gasteiger partial charge in [0, 0.05) is 36.9 Å². The monoisotopic (exact) mass is 384 g/mol. The van der Waals surface area contributed by atoms with Crippen LogP contribution in [0.25, 0.3) is 0 Å². The summed E-state index contributed by atoms with van der Waals surface area (Å²) >= 11 is 0. The highest BCUT2D eigenvalue weighted by atomic mass is 32.2. The van der Waals surface area contributed by atoms with E-state index in [1.54, 1.807) is 26.1 Å². The Balaban J connectivity index is 1.65. The first-order valence-electron chi connectivity index (χ1n) is 8.59. The molecule has 0 saturated carbocycles. The van der Waals surface area contributed by atoms with Gasteiger partial charge in [-0.3, -0.25) is 4.90 Å². The van der Waals surface area contributed by atoms with E-state index in [1.807, 2.05) is 0 Å². The minimum absolute atomic E-state index is 0.0970. The van der Waals surface area contributed by atoms with Crippen molar-refractivity contribution in [3.05, 3.63) is 41.0 Å². The van der Waals surface area contributed by atoms with Crippen molar-refractivity contribution in [2.45, 2.75) is 51.5 Å². The van der Waals surface area contributed by atoms with Crippen LogP contribution in [0.4, 0.5) is 4.39 Å². The number of halogens is 1. The van der Waals surface area contributed by atoms with Crippen LogP contribution in [-0.2, 0) is 27.8 Å². The quantitative estimate of drug-likeness (QED) is 0.787. The molecule has 2 aliphatic heterocycles. The van der Waals surface area contributed by atoms with Crippen molar-refractivity contribution in [3.63, 3.8) is 0 Å². The van der Waals surface area contributed by atoms with Gasteiger partial charge in [0.2, 0.25) is 0 Å². The number of nitrogens with two attached hydrogens (primary N) is 1. The predicted octanol–water partition coefficient (Wildman–Crippen LogP) is 1.31. The molecule has 0 aliphatic carbocycles. The second-order valence-corrected chi connectivity index (χ2v) is 8.82. The van der Waals surface area contributed by atoms with Gasteiger partial charge in [0.25, 0.3) is 10.0 Å². The Morgan fingerprint density at radius 1 is 1.46 bits per heavy atom.